The van der Waals surface area contributed by atoms with E-state index in [9.17, 15) is 19.2 Å². The summed E-state index contributed by atoms with van der Waals surface area (Å²) in [6, 6.07) is -1.97. The molecule has 3 amide bonds. The molecule has 0 aromatic heterocycles. The molecule has 1 saturated heterocycles. The third kappa shape index (κ3) is 5.68. The average Bonchev–Trinajstić information content (AvgIpc) is 2.98. The third-order valence-electron chi connectivity index (χ3n) is 3.29. The van der Waals surface area contributed by atoms with Gasteiger partial charge in [0.15, 0.2) is 0 Å². The van der Waals surface area contributed by atoms with E-state index in [2.05, 4.69) is 21.3 Å². The molecule has 3 unspecified atom stereocenters. The van der Waals surface area contributed by atoms with Crippen molar-refractivity contribution in [3.63, 3.8) is 0 Å². The highest BCUT2D eigenvalue weighted by molar-refractivity contribution is 5.93. The second-order valence-corrected chi connectivity index (χ2v) is 5.22. The highest BCUT2D eigenvalue weighted by Crippen LogP contribution is 2.04. The summed E-state index contributed by atoms with van der Waals surface area (Å²) in [7, 11) is 0. The van der Waals surface area contributed by atoms with E-state index in [1.54, 1.807) is 0 Å². The quantitative estimate of drug-likeness (QED) is 0.367. The summed E-state index contributed by atoms with van der Waals surface area (Å²) in [5, 5.41) is 18.6. The van der Waals surface area contributed by atoms with Gasteiger partial charge in [0.25, 0.3) is 0 Å². The molecule has 9 nitrogen and oxygen atoms in total. The number of hydrogen-bond acceptors (Lipinski definition) is 5. The third-order valence-corrected chi connectivity index (χ3v) is 3.29. The second-order valence-electron chi connectivity index (χ2n) is 5.22. The lowest BCUT2D eigenvalue weighted by Gasteiger charge is -2.19. The van der Waals surface area contributed by atoms with Gasteiger partial charge < -0.3 is 26.4 Å². The second kappa shape index (κ2) is 8.32. The number of nitrogens with one attached hydrogen (secondary N) is 4. The number of carbonyl (C=O) groups excluding carboxylic acids is 3. The molecule has 0 bridgehead atoms. The zero-order valence-corrected chi connectivity index (χ0v) is 12.6. The molecule has 0 aliphatic carbocycles. The summed E-state index contributed by atoms with van der Waals surface area (Å²) in [5.41, 5.74) is 0. The fourth-order valence-corrected chi connectivity index (χ4v) is 2.01. The molecule has 5 N–H and O–H groups in total. The number of rotatable bonds is 7. The molecule has 1 fully saturated rings. The van der Waals surface area contributed by atoms with Crippen LogP contribution in [0.3, 0.4) is 0 Å². The Bertz CT molecular complexity index is 448. The van der Waals surface area contributed by atoms with Gasteiger partial charge in [0.05, 0.1) is 6.04 Å². The first kappa shape index (κ1) is 17.9. The SMILES string of the molecule is CC(NC(=O)C(C)NC(=O)C1CCCN1)C(=O)NCC(=O)O. The first-order chi connectivity index (χ1) is 10.3. The standard InChI is InChI=1S/C13H22N4O5/c1-7(11(20)15-6-10(18)19)16-12(21)8(2)17-13(22)9-4-3-5-14-9/h7-9,14H,3-6H2,1-2H3,(H,15,20)(H,16,21)(H,17,22)(H,18,19). The van der Waals surface area contributed by atoms with Gasteiger partial charge in [0.2, 0.25) is 17.7 Å². The van der Waals surface area contributed by atoms with Crippen molar-refractivity contribution in [3.8, 4) is 0 Å². The minimum absolute atomic E-state index is 0.247. The van der Waals surface area contributed by atoms with Crippen LogP contribution in [0.5, 0.6) is 0 Å². The van der Waals surface area contributed by atoms with E-state index in [0.717, 1.165) is 19.4 Å². The van der Waals surface area contributed by atoms with Crippen LogP contribution in [0.2, 0.25) is 0 Å². The van der Waals surface area contributed by atoms with Crippen molar-refractivity contribution >= 4 is 23.7 Å². The van der Waals surface area contributed by atoms with Gasteiger partial charge in [-0.05, 0) is 33.2 Å². The van der Waals surface area contributed by atoms with E-state index in [1.807, 2.05) is 0 Å². The average molecular weight is 314 g/mol. The van der Waals surface area contributed by atoms with Gasteiger partial charge in [-0.3, -0.25) is 19.2 Å². The number of carboxylic acid groups (broad SMARTS) is 1. The van der Waals surface area contributed by atoms with Gasteiger partial charge in [-0.15, -0.1) is 0 Å². The normalized spacial score (nSPS) is 19.8. The molecule has 0 saturated carbocycles. The topological polar surface area (TPSA) is 137 Å². The summed E-state index contributed by atoms with van der Waals surface area (Å²) in [6.45, 7) is 3.21. The molecule has 1 aliphatic rings. The van der Waals surface area contributed by atoms with E-state index < -0.39 is 36.4 Å². The molecular formula is C13H22N4O5. The number of carboxylic acids is 1. The van der Waals surface area contributed by atoms with Crippen LogP contribution in [0, 0.1) is 0 Å². The summed E-state index contributed by atoms with van der Waals surface area (Å²) in [5.74, 6) is -2.53. The Labute approximate surface area is 128 Å². The summed E-state index contributed by atoms with van der Waals surface area (Å²) in [4.78, 5) is 45.7. The van der Waals surface area contributed by atoms with Crippen LogP contribution < -0.4 is 21.3 Å². The summed E-state index contributed by atoms with van der Waals surface area (Å²) in [6.07, 6.45) is 1.65. The van der Waals surface area contributed by atoms with Crippen LogP contribution in [0.15, 0.2) is 0 Å². The molecule has 124 valence electrons. The fourth-order valence-electron chi connectivity index (χ4n) is 2.01. The number of hydrogen-bond donors (Lipinski definition) is 5. The van der Waals surface area contributed by atoms with Crippen molar-refractivity contribution in [2.75, 3.05) is 13.1 Å². The van der Waals surface area contributed by atoms with E-state index >= 15 is 0 Å². The molecule has 3 atom stereocenters. The van der Waals surface area contributed by atoms with Crippen molar-refractivity contribution in [2.24, 2.45) is 0 Å². The smallest absolute Gasteiger partial charge is 0.322 e. The molecule has 0 radical (unpaired) electrons. The van der Waals surface area contributed by atoms with E-state index in [1.165, 1.54) is 13.8 Å². The number of amides is 3. The predicted octanol–water partition coefficient (Wildman–Crippen LogP) is -2.05. The Balaban J connectivity index is 2.37. The molecule has 0 aromatic carbocycles. The Kier molecular flexibility index (Phi) is 6.77. The highest BCUT2D eigenvalue weighted by atomic mass is 16.4. The molecule has 22 heavy (non-hydrogen) atoms. The van der Waals surface area contributed by atoms with Gasteiger partial charge in [0.1, 0.15) is 18.6 Å². The maximum Gasteiger partial charge on any atom is 0.322 e. The monoisotopic (exact) mass is 314 g/mol. The molecule has 0 aromatic rings. The highest BCUT2D eigenvalue weighted by Gasteiger charge is 2.26. The number of aliphatic carboxylic acids is 1. The van der Waals surface area contributed by atoms with Gasteiger partial charge in [-0.1, -0.05) is 0 Å². The minimum atomic E-state index is -1.17. The van der Waals surface area contributed by atoms with E-state index in [0.29, 0.717) is 0 Å². The van der Waals surface area contributed by atoms with Gasteiger partial charge in [-0.25, -0.2) is 0 Å². The van der Waals surface area contributed by atoms with Crippen LogP contribution in [-0.4, -0.2) is 60.0 Å². The van der Waals surface area contributed by atoms with Crippen molar-refractivity contribution in [1.29, 1.82) is 0 Å². The van der Waals surface area contributed by atoms with Crippen molar-refractivity contribution in [2.45, 2.75) is 44.8 Å². The predicted molar refractivity (Wildman–Crippen MR) is 76.9 cm³/mol. The van der Waals surface area contributed by atoms with E-state index in [4.69, 9.17) is 5.11 Å². The lowest BCUT2D eigenvalue weighted by molar-refractivity contribution is -0.138. The van der Waals surface area contributed by atoms with Crippen LogP contribution in [0.25, 0.3) is 0 Å². The van der Waals surface area contributed by atoms with Crippen LogP contribution in [0.1, 0.15) is 26.7 Å². The van der Waals surface area contributed by atoms with Crippen LogP contribution in [0.4, 0.5) is 0 Å². The Morgan fingerprint density at radius 1 is 1.14 bits per heavy atom. The molecule has 9 heteroatoms. The lowest BCUT2D eigenvalue weighted by atomic mass is 10.2. The summed E-state index contributed by atoms with van der Waals surface area (Å²) >= 11 is 0. The first-order valence-corrected chi connectivity index (χ1v) is 7.15. The minimum Gasteiger partial charge on any atom is -0.480 e. The van der Waals surface area contributed by atoms with Crippen molar-refractivity contribution < 1.29 is 24.3 Å². The van der Waals surface area contributed by atoms with Gasteiger partial charge >= 0.3 is 5.97 Å². The van der Waals surface area contributed by atoms with Crippen molar-refractivity contribution in [1.82, 2.24) is 21.3 Å². The fraction of sp³-hybridized carbons (Fsp3) is 0.692. The Morgan fingerprint density at radius 2 is 1.77 bits per heavy atom. The largest absolute Gasteiger partial charge is 0.480 e. The summed E-state index contributed by atoms with van der Waals surface area (Å²) < 4.78 is 0. The Morgan fingerprint density at radius 3 is 2.32 bits per heavy atom. The zero-order valence-electron chi connectivity index (χ0n) is 12.6. The van der Waals surface area contributed by atoms with Crippen molar-refractivity contribution in [3.05, 3.63) is 0 Å². The lowest BCUT2D eigenvalue weighted by Crippen LogP contribution is -2.54. The van der Waals surface area contributed by atoms with Crippen LogP contribution >= 0.6 is 0 Å². The number of carbonyl (C=O) groups is 4. The Hall–Kier alpha value is -2.16. The molecular weight excluding hydrogens is 292 g/mol. The molecule has 0 spiro atoms. The maximum absolute atomic E-state index is 11.9. The van der Waals surface area contributed by atoms with Gasteiger partial charge in [-0.2, -0.15) is 0 Å². The molecule has 1 rings (SSSR count). The maximum atomic E-state index is 11.9. The van der Waals surface area contributed by atoms with E-state index in [-0.39, 0.29) is 11.9 Å². The first-order valence-electron chi connectivity index (χ1n) is 7.15. The van der Waals surface area contributed by atoms with Gasteiger partial charge in [0, 0.05) is 0 Å². The van der Waals surface area contributed by atoms with Crippen LogP contribution in [-0.2, 0) is 19.2 Å². The molecule has 1 aliphatic heterocycles. The zero-order chi connectivity index (χ0) is 16.7. The molecule has 1 heterocycles.